The Morgan fingerprint density at radius 1 is 1.16 bits per heavy atom. The molecule has 1 aliphatic rings. The normalized spacial score (nSPS) is 22.4. The summed E-state index contributed by atoms with van der Waals surface area (Å²) >= 11 is 0. The number of hydrogen-bond acceptors (Lipinski definition) is 3. The summed E-state index contributed by atoms with van der Waals surface area (Å²) in [6.07, 6.45) is 1.28. The van der Waals surface area contributed by atoms with Gasteiger partial charge in [0.15, 0.2) is 0 Å². The second kappa shape index (κ2) is 7.04. The largest absolute Gasteiger partial charge is 0.316 e. The summed E-state index contributed by atoms with van der Waals surface area (Å²) in [6.45, 7) is 7.99. The van der Waals surface area contributed by atoms with Gasteiger partial charge in [-0.15, -0.1) is 0 Å². The molecular weight excluding hydrogens is 234 g/mol. The molecule has 0 radical (unpaired) electrons. The molecule has 1 fully saturated rings. The minimum Gasteiger partial charge on any atom is -0.316 e. The van der Waals surface area contributed by atoms with Gasteiger partial charge in [-0.3, -0.25) is 4.90 Å². The molecule has 2 rings (SSSR count). The number of likely N-dealkylation sites (N-methyl/N-ethyl adjacent to an activating group) is 1. The zero-order valence-electron chi connectivity index (χ0n) is 12.5. The van der Waals surface area contributed by atoms with E-state index in [0.717, 1.165) is 13.1 Å². The number of nitrogens with zero attached hydrogens (tertiary/aromatic N) is 2. The van der Waals surface area contributed by atoms with Crippen molar-refractivity contribution < 1.29 is 0 Å². The molecule has 0 aromatic heterocycles. The van der Waals surface area contributed by atoms with E-state index >= 15 is 0 Å². The highest BCUT2D eigenvalue weighted by atomic mass is 15.2. The molecule has 106 valence electrons. The third-order valence-electron chi connectivity index (χ3n) is 3.97. The van der Waals surface area contributed by atoms with Crippen LogP contribution < -0.4 is 5.32 Å². The van der Waals surface area contributed by atoms with Gasteiger partial charge in [-0.25, -0.2) is 0 Å². The van der Waals surface area contributed by atoms with Crippen LogP contribution in [0.2, 0.25) is 0 Å². The van der Waals surface area contributed by atoms with E-state index in [-0.39, 0.29) is 0 Å². The maximum atomic E-state index is 3.19. The molecule has 0 bridgehead atoms. The molecule has 0 amide bonds. The minimum absolute atomic E-state index is 0.643. The molecule has 1 aliphatic heterocycles. The van der Waals surface area contributed by atoms with Gasteiger partial charge >= 0.3 is 0 Å². The number of nitrogens with one attached hydrogen (secondary N) is 1. The highest BCUT2D eigenvalue weighted by Gasteiger charge is 2.19. The van der Waals surface area contributed by atoms with Crippen LogP contribution in [0.25, 0.3) is 0 Å². The van der Waals surface area contributed by atoms with Gasteiger partial charge in [-0.05, 0) is 45.1 Å². The van der Waals surface area contributed by atoms with Crippen molar-refractivity contribution >= 4 is 0 Å². The highest BCUT2D eigenvalue weighted by molar-refractivity contribution is 5.22. The van der Waals surface area contributed by atoms with Gasteiger partial charge in [-0.1, -0.05) is 24.3 Å². The lowest BCUT2D eigenvalue weighted by Gasteiger charge is -2.27. The summed E-state index contributed by atoms with van der Waals surface area (Å²) in [5.74, 6) is 0. The lowest BCUT2D eigenvalue weighted by molar-refractivity contribution is 0.194. The Morgan fingerprint density at radius 3 is 2.53 bits per heavy atom. The monoisotopic (exact) mass is 261 g/mol. The second-order valence-corrected chi connectivity index (χ2v) is 5.78. The molecule has 0 saturated carbocycles. The van der Waals surface area contributed by atoms with E-state index in [2.05, 4.69) is 53.4 Å². The van der Waals surface area contributed by atoms with Crippen LogP contribution in [0.5, 0.6) is 0 Å². The average Bonchev–Trinajstić information content (AvgIpc) is 2.54. The van der Waals surface area contributed by atoms with Gasteiger partial charge in [0.2, 0.25) is 0 Å². The fourth-order valence-corrected chi connectivity index (χ4v) is 2.86. The Kier molecular flexibility index (Phi) is 5.37. The van der Waals surface area contributed by atoms with E-state index in [4.69, 9.17) is 0 Å². The summed E-state index contributed by atoms with van der Waals surface area (Å²) in [5, 5.41) is 3.19. The van der Waals surface area contributed by atoms with Crippen LogP contribution in [0.3, 0.4) is 0 Å². The minimum atomic E-state index is 0.643. The van der Waals surface area contributed by atoms with Crippen molar-refractivity contribution in [3.8, 4) is 0 Å². The van der Waals surface area contributed by atoms with Crippen molar-refractivity contribution in [3.63, 3.8) is 0 Å². The zero-order valence-corrected chi connectivity index (χ0v) is 12.5. The fourth-order valence-electron chi connectivity index (χ4n) is 2.86. The summed E-state index contributed by atoms with van der Waals surface area (Å²) in [5.41, 5.74) is 2.78. The molecule has 0 aliphatic carbocycles. The number of rotatable bonds is 4. The van der Waals surface area contributed by atoms with E-state index < -0.39 is 0 Å². The van der Waals surface area contributed by atoms with E-state index in [1.54, 1.807) is 0 Å². The van der Waals surface area contributed by atoms with Gasteiger partial charge in [0.1, 0.15) is 0 Å². The van der Waals surface area contributed by atoms with Crippen molar-refractivity contribution in [2.75, 3.05) is 33.7 Å². The van der Waals surface area contributed by atoms with E-state index in [1.807, 2.05) is 7.05 Å². The summed E-state index contributed by atoms with van der Waals surface area (Å²) in [4.78, 5) is 5.05. The Hall–Kier alpha value is -0.900. The molecule has 1 saturated heterocycles. The van der Waals surface area contributed by atoms with Gasteiger partial charge in [0, 0.05) is 32.2 Å². The van der Waals surface area contributed by atoms with Crippen LogP contribution in [-0.2, 0) is 13.1 Å². The van der Waals surface area contributed by atoms with Gasteiger partial charge in [-0.2, -0.15) is 0 Å². The molecule has 1 N–H and O–H groups in total. The third-order valence-corrected chi connectivity index (χ3v) is 3.97. The smallest absolute Gasteiger partial charge is 0.0237 e. The van der Waals surface area contributed by atoms with Crippen LogP contribution in [0.1, 0.15) is 24.5 Å². The summed E-state index contributed by atoms with van der Waals surface area (Å²) < 4.78 is 0. The molecular formula is C16H27N3. The lowest BCUT2D eigenvalue weighted by atomic mass is 10.1. The number of hydrogen-bond donors (Lipinski definition) is 1. The van der Waals surface area contributed by atoms with Crippen LogP contribution in [0.15, 0.2) is 24.3 Å². The van der Waals surface area contributed by atoms with Crippen LogP contribution in [0, 0.1) is 0 Å². The Labute approximate surface area is 117 Å². The van der Waals surface area contributed by atoms with Crippen LogP contribution >= 0.6 is 0 Å². The first-order chi connectivity index (χ1) is 9.19. The molecule has 0 spiro atoms. The number of benzene rings is 1. The van der Waals surface area contributed by atoms with Crippen LogP contribution in [0.4, 0.5) is 0 Å². The molecule has 1 atom stereocenters. The van der Waals surface area contributed by atoms with E-state index in [9.17, 15) is 0 Å². The Morgan fingerprint density at radius 2 is 1.84 bits per heavy atom. The van der Waals surface area contributed by atoms with Gasteiger partial charge in [0.05, 0.1) is 0 Å². The van der Waals surface area contributed by atoms with Crippen molar-refractivity contribution in [1.82, 2.24) is 15.1 Å². The molecule has 1 heterocycles. The topological polar surface area (TPSA) is 18.5 Å². The predicted molar refractivity (Wildman–Crippen MR) is 81.2 cm³/mol. The van der Waals surface area contributed by atoms with Gasteiger partial charge < -0.3 is 10.2 Å². The first kappa shape index (κ1) is 14.5. The predicted octanol–water partition coefficient (Wildman–Crippen LogP) is 1.93. The SMILES string of the molecule is CNCc1ccc(CN2CCCN(C)CC2C)cc1. The Bertz CT molecular complexity index is 374. The lowest BCUT2D eigenvalue weighted by Crippen LogP contribution is -2.37. The molecule has 19 heavy (non-hydrogen) atoms. The molecule has 1 aromatic rings. The highest BCUT2D eigenvalue weighted by Crippen LogP contribution is 2.14. The van der Waals surface area contributed by atoms with Crippen molar-refractivity contribution in [3.05, 3.63) is 35.4 Å². The summed E-state index contributed by atoms with van der Waals surface area (Å²) in [7, 11) is 4.22. The molecule has 3 nitrogen and oxygen atoms in total. The molecule has 1 aromatic carbocycles. The maximum Gasteiger partial charge on any atom is 0.0237 e. The van der Waals surface area contributed by atoms with Gasteiger partial charge in [0.25, 0.3) is 0 Å². The van der Waals surface area contributed by atoms with Crippen molar-refractivity contribution in [1.29, 1.82) is 0 Å². The van der Waals surface area contributed by atoms with E-state index in [1.165, 1.54) is 37.2 Å². The van der Waals surface area contributed by atoms with E-state index in [0.29, 0.717) is 6.04 Å². The Balaban J connectivity index is 1.95. The second-order valence-electron chi connectivity index (χ2n) is 5.78. The maximum absolute atomic E-state index is 3.19. The summed E-state index contributed by atoms with van der Waals surface area (Å²) in [6, 6.07) is 9.66. The standard InChI is InChI=1S/C16H27N3/c1-14-12-18(3)9-4-10-19(14)13-16-7-5-15(6-8-16)11-17-2/h5-8,14,17H,4,9-13H2,1-3H3. The van der Waals surface area contributed by atoms with Crippen molar-refractivity contribution in [2.24, 2.45) is 0 Å². The molecule has 3 heteroatoms. The zero-order chi connectivity index (χ0) is 13.7. The van der Waals surface area contributed by atoms with Crippen molar-refractivity contribution in [2.45, 2.75) is 32.5 Å². The average molecular weight is 261 g/mol. The molecule has 1 unspecified atom stereocenters. The fraction of sp³-hybridized carbons (Fsp3) is 0.625. The quantitative estimate of drug-likeness (QED) is 0.893. The van der Waals surface area contributed by atoms with Crippen LogP contribution in [-0.4, -0.2) is 49.6 Å². The first-order valence-corrected chi connectivity index (χ1v) is 7.34. The first-order valence-electron chi connectivity index (χ1n) is 7.34. The third kappa shape index (κ3) is 4.30.